The molecule has 2 aromatic rings. The molecule has 0 radical (unpaired) electrons. The Bertz CT molecular complexity index is 720. The van der Waals surface area contributed by atoms with Gasteiger partial charge in [0.1, 0.15) is 0 Å². The van der Waals surface area contributed by atoms with Crippen LogP contribution in [0.4, 0.5) is 0 Å². The molecule has 0 atom stereocenters. The standard InChI is InChI=1S/C17H15Cl2NO2.ClH/c18-14-8-12-10-20(9-11-4-2-1-3-5-11)7-6-13(12)16(19)15(14)17(21)22;/h1-5,8H,6-7,9-10H2,(H,21,22);1H. The van der Waals surface area contributed by atoms with Gasteiger partial charge in [0, 0.05) is 19.6 Å². The fraction of sp³-hybridized carbons (Fsp3) is 0.235. The Hall–Kier alpha value is -1.26. The van der Waals surface area contributed by atoms with Crippen molar-refractivity contribution in [2.75, 3.05) is 6.54 Å². The molecule has 1 aliphatic rings. The van der Waals surface area contributed by atoms with Crippen LogP contribution < -0.4 is 0 Å². The Kier molecular flexibility index (Phi) is 5.93. The average Bonchev–Trinajstić information content (AvgIpc) is 2.47. The molecule has 0 bridgehead atoms. The minimum absolute atomic E-state index is 0. The Morgan fingerprint density at radius 2 is 1.91 bits per heavy atom. The van der Waals surface area contributed by atoms with Gasteiger partial charge in [0.05, 0.1) is 15.6 Å². The summed E-state index contributed by atoms with van der Waals surface area (Å²) in [5.74, 6) is -1.08. The van der Waals surface area contributed by atoms with Crippen LogP contribution in [0.15, 0.2) is 36.4 Å². The van der Waals surface area contributed by atoms with Gasteiger partial charge in [0.15, 0.2) is 0 Å². The van der Waals surface area contributed by atoms with Crippen molar-refractivity contribution in [3.63, 3.8) is 0 Å². The zero-order valence-corrected chi connectivity index (χ0v) is 14.6. The molecule has 0 fully saturated rings. The summed E-state index contributed by atoms with van der Waals surface area (Å²) in [6, 6.07) is 12.0. The molecule has 0 saturated carbocycles. The van der Waals surface area contributed by atoms with Crippen LogP contribution in [0, 0.1) is 0 Å². The first kappa shape index (κ1) is 18.1. The third kappa shape index (κ3) is 3.81. The zero-order chi connectivity index (χ0) is 15.7. The lowest BCUT2D eigenvalue weighted by Crippen LogP contribution is -2.30. The molecule has 0 spiro atoms. The van der Waals surface area contributed by atoms with Crippen LogP contribution in [-0.4, -0.2) is 22.5 Å². The first-order valence-corrected chi connectivity index (χ1v) is 7.81. The number of hydrogen-bond donors (Lipinski definition) is 1. The van der Waals surface area contributed by atoms with Gasteiger partial charge in [0.25, 0.3) is 0 Å². The molecule has 122 valence electrons. The minimum Gasteiger partial charge on any atom is -0.478 e. The summed E-state index contributed by atoms with van der Waals surface area (Å²) >= 11 is 12.3. The molecular weight excluding hydrogens is 357 g/mol. The molecule has 2 aromatic carbocycles. The summed E-state index contributed by atoms with van der Waals surface area (Å²) < 4.78 is 0. The fourth-order valence-corrected chi connectivity index (χ4v) is 3.64. The van der Waals surface area contributed by atoms with Crippen molar-refractivity contribution < 1.29 is 9.90 Å². The van der Waals surface area contributed by atoms with Crippen LogP contribution in [-0.2, 0) is 19.5 Å². The Balaban J connectivity index is 0.00000192. The number of carboxylic acid groups (broad SMARTS) is 1. The van der Waals surface area contributed by atoms with Crippen molar-refractivity contribution in [1.82, 2.24) is 4.90 Å². The van der Waals surface area contributed by atoms with E-state index in [0.29, 0.717) is 0 Å². The van der Waals surface area contributed by atoms with E-state index in [1.165, 1.54) is 5.56 Å². The van der Waals surface area contributed by atoms with E-state index < -0.39 is 5.97 Å². The van der Waals surface area contributed by atoms with Crippen LogP contribution in [0.1, 0.15) is 27.0 Å². The van der Waals surface area contributed by atoms with Gasteiger partial charge in [-0.3, -0.25) is 4.90 Å². The van der Waals surface area contributed by atoms with E-state index in [2.05, 4.69) is 17.0 Å². The summed E-state index contributed by atoms with van der Waals surface area (Å²) in [7, 11) is 0. The number of benzene rings is 2. The van der Waals surface area contributed by atoms with Gasteiger partial charge in [-0.05, 0) is 29.2 Å². The Morgan fingerprint density at radius 1 is 1.22 bits per heavy atom. The number of nitrogens with zero attached hydrogens (tertiary/aromatic N) is 1. The van der Waals surface area contributed by atoms with E-state index in [0.717, 1.165) is 37.2 Å². The van der Waals surface area contributed by atoms with Crippen LogP contribution in [0.2, 0.25) is 10.0 Å². The van der Waals surface area contributed by atoms with E-state index in [4.69, 9.17) is 23.2 Å². The molecule has 0 aliphatic carbocycles. The monoisotopic (exact) mass is 371 g/mol. The highest BCUT2D eigenvalue weighted by molar-refractivity contribution is 6.39. The second-order valence-electron chi connectivity index (χ2n) is 5.44. The van der Waals surface area contributed by atoms with Crippen molar-refractivity contribution in [1.29, 1.82) is 0 Å². The summed E-state index contributed by atoms with van der Waals surface area (Å²) in [6.45, 7) is 2.43. The van der Waals surface area contributed by atoms with Crippen LogP contribution >= 0.6 is 35.6 Å². The molecule has 0 saturated heterocycles. The van der Waals surface area contributed by atoms with Crippen LogP contribution in [0.3, 0.4) is 0 Å². The average molecular weight is 373 g/mol. The van der Waals surface area contributed by atoms with E-state index in [9.17, 15) is 9.90 Å². The van der Waals surface area contributed by atoms with Crippen molar-refractivity contribution in [2.45, 2.75) is 19.5 Å². The number of halogens is 3. The number of hydrogen-bond acceptors (Lipinski definition) is 2. The van der Waals surface area contributed by atoms with E-state index >= 15 is 0 Å². The maximum atomic E-state index is 11.3. The number of carboxylic acids is 1. The quantitative estimate of drug-likeness (QED) is 0.851. The smallest absolute Gasteiger partial charge is 0.338 e. The molecule has 0 unspecified atom stereocenters. The Morgan fingerprint density at radius 3 is 2.57 bits per heavy atom. The summed E-state index contributed by atoms with van der Waals surface area (Å²) in [6.07, 6.45) is 0.735. The van der Waals surface area contributed by atoms with Gasteiger partial charge in [-0.1, -0.05) is 53.5 Å². The molecular formula is C17H16Cl3NO2. The molecule has 3 nitrogen and oxygen atoms in total. The number of carbonyl (C=O) groups is 1. The first-order valence-electron chi connectivity index (χ1n) is 7.05. The largest absolute Gasteiger partial charge is 0.478 e. The van der Waals surface area contributed by atoms with Gasteiger partial charge in [-0.15, -0.1) is 12.4 Å². The van der Waals surface area contributed by atoms with Gasteiger partial charge < -0.3 is 5.11 Å². The molecule has 3 rings (SSSR count). The minimum atomic E-state index is -1.08. The molecule has 1 aliphatic heterocycles. The number of fused-ring (bicyclic) bond motifs is 1. The lowest BCUT2D eigenvalue weighted by Gasteiger charge is -2.30. The molecule has 0 amide bonds. The first-order chi connectivity index (χ1) is 10.6. The van der Waals surface area contributed by atoms with Gasteiger partial charge in [-0.2, -0.15) is 0 Å². The number of aromatic carboxylic acids is 1. The predicted octanol–water partition coefficient (Wildman–Crippen LogP) is 4.67. The summed E-state index contributed by atoms with van der Waals surface area (Å²) in [5.41, 5.74) is 3.19. The van der Waals surface area contributed by atoms with Crippen molar-refractivity contribution >= 4 is 41.6 Å². The molecule has 0 aromatic heterocycles. The predicted molar refractivity (Wildman–Crippen MR) is 94.9 cm³/mol. The molecule has 1 N–H and O–H groups in total. The molecule has 23 heavy (non-hydrogen) atoms. The van der Waals surface area contributed by atoms with Crippen LogP contribution in [0.5, 0.6) is 0 Å². The van der Waals surface area contributed by atoms with E-state index in [-0.39, 0.29) is 28.0 Å². The van der Waals surface area contributed by atoms with Gasteiger partial charge in [0.2, 0.25) is 0 Å². The van der Waals surface area contributed by atoms with E-state index in [1.807, 2.05) is 18.2 Å². The Labute approximate surface area is 151 Å². The summed E-state index contributed by atoms with van der Waals surface area (Å²) in [4.78, 5) is 13.6. The van der Waals surface area contributed by atoms with Gasteiger partial charge in [-0.25, -0.2) is 4.79 Å². The highest BCUT2D eigenvalue weighted by Gasteiger charge is 2.24. The van der Waals surface area contributed by atoms with Gasteiger partial charge >= 0.3 is 5.97 Å². The highest BCUT2D eigenvalue weighted by atomic mass is 35.5. The van der Waals surface area contributed by atoms with Crippen molar-refractivity contribution in [2.24, 2.45) is 0 Å². The second-order valence-corrected chi connectivity index (χ2v) is 6.22. The van der Waals surface area contributed by atoms with Crippen molar-refractivity contribution in [3.8, 4) is 0 Å². The molecule has 6 heteroatoms. The maximum Gasteiger partial charge on any atom is 0.338 e. The topological polar surface area (TPSA) is 40.5 Å². The second kappa shape index (κ2) is 7.54. The summed E-state index contributed by atoms with van der Waals surface area (Å²) in [5, 5.41) is 9.71. The molecule has 1 heterocycles. The third-order valence-corrected chi connectivity index (χ3v) is 4.66. The fourth-order valence-electron chi connectivity index (χ4n) is 2.88. The zero-order valence-electron chi connectivity index (χ0n) is 12.3. The maximum absolute atomic E-state index is 11.3. The lowest BCUT2D eigenvalue weighted by atomic mass is 9.96. The SMILES string of the molecule is Cl.O=C(O)c1c(Cl)cc2c(c1Cl)CCN(Cc1ccccc1)C2. The number of rotatable bonds is 3. The third-order valence-electron chi connectivity index (χ3n) is 3.95. The van der Waals surface area contributed by atoms with Crippen molar-refractivity contribution in [3.05, 3.63) is 68.7 Å². The van der Waals surface area contributed by atoms with Crippen LogP contribution in [0.25, 0.3) is 0 Å². The lowest BCUT2D eigenvalue weighted by molar-refractivity contribution is 0.0697. The van der Waals surface area contributed by atoms with E-state index in [1.54, 1.807) is 6.07 Å². The normalized spacial score (nSPS) is 14.0. The highest BCUT2D eigenvalue weighted by Crippen LogP contribution is 2.34.